The number of hydrogen-bond donors (Lipinski definition) is 2. The Bertz CT molecular complexity index is 832. The number of carbonyl (C=O) groups is 2. The smallest absolute Gasteiger partial charge is 0.256 e. The van der Waals surface area contributed by atoms with E-state index in [9.17, 15) is 18.4 Å². The van der Waals surface area contributed by atoms with Crippen LogP contribution in [0.4, 0.5) is 13.8 Å². The van der Waals surface area contributed by atoms with Crippen LogP contribution in [0.1, 0.15) is 44.5 Å². The summed E-state index contributed by atoms with van der Waals surface area (Å²) in [5.74, 6) is -2.82. The van der Waals surface area contributed by atoms with Gasteiger partial charge in [0.25, 0.3) is 11.8 Å². The van der Waals surface area contributed by atoms with Crippen molar-refractivity contribution in [3.05, 3.63) is 51.4 Å². The molecule has 2 aromatic rings. The highest BCUT2D eigenvalue weighted by molar-refractivity contribution is 7.17. The summed E-state index contributed by atoms with van der Waals surface area (Å²) in [6.07, 6.45) is 2.54. The van der Waals surface area contributed by atoms with Crippen LogP contribution in [0.15, 0.2) is 18.2 Å². The van der Waals surface area contributed by atoms with Gasteiger partial charge in [-0.1, -0.05) is 6.92 Å². The number of rotatable bonds is 3. The van der Waals surface area contributed by atoms with Gasteiger partial charge in [0.15, 0.2) is 11.6 Å². The van der Waals surface area contributed by atoms with Crippen LogP contribution < -0.4 is 11.1 Å². The average molecular weight is 350 g/mol. The van der Waals surface area contributed by atoms with Gasteiger partial charge < -0.3 is 11.1 Å². The molecule has 0 radical (unpaired) electrons. The first-order valence-corrected chi connectivity index (χ1v) is 8.39. The molecule has 3 rings (SSSR count). The Kier molecular flexibility index (Phi) is 4.36. The Morgan fingerprint density at radius 1 is 1.29 bits per heavy atom. The van der Waals surface area contributed by atoms with Crippen LogP contribution in [0.3, 0.4) is 0 Å². The van der Waals surface area contributed by atoms with Gasteiger partial charge in [0.05, 0.1) is 5.56 Å². The Morgan fingerprint density at radius 3 is 2.71 bits per heavy atom. The molecule has 1 aromatic carbocycles. The van der Waals surface area contributed by atoms with E-state index in [4.69, 9.17) is 5.73 Å². The summed E-state index contributed by atoms with van der Waals surface area (Å²) >= 11 is 1.32. The number of amides is 2. The Hall–Kier alpha value is -2.28. The van der Waals surface area contributed by atoms with Crippen molar-refractivity contribution in [3.63, 3.8) is 0 Å². The summed E-state index contributed by atoms with van der Waals surface area (Å²) in [6, 6.07) is 2.90. The molecule has 0 spiro atoms. The second-order valence-corrected chi connectivity index (χ2v) is 7.11. The molecule has 0 saturated carbocycles. The van der Waals surface area contributed by atoms with Gasteiger partial charge in [0.2, 0.25) is 0 Å². The highest BCUT2D eigenvalue weighted by Crippen LogP contribution is 2.39. The predicted molar refractivity (Wildman–Crippen MR) is 88.3 cm³/mol. The second-order valence-electron chi connectivity index (χ2n) is 6.00. The zero-order valence-corrected chi connectivity index (χ0v) is 13.8. The zero-order valence-electron chi connectivity index (χ0n) is 13.0. The molecule has 0 aliphatic heterocycles. The molecule has 3 N–H and O–H groups in total. The monoisotopic (exact) mass is 350 g/mol. The number of fused-ring (bicyclic) bond motifs is 1. The summed E-state index contributed by atoms with van der Waals surface area (Å²) in [7, 11) is 0. The average Bonchev–Trinajstić information content (AvgIpc) is 2.86. The van der Waals surface area contributed by atoms with Crippen LogP contribution in [0, 0.1) is 17.6 Å². The number of hydrogen-bond acceptors (Lipinski definition) is 3. The van der Waals surface area contributed by atoms with Crippen LogP contribution in [0.5, 0.6) is 0 Å². The van der Waals surface area contributed by atoms with Crippen molar-refractivity contribution in [3.8, 4) is 0 Å². The largest absolute Gasteiger partial charge is 0.365 e. The van der Waals surface area contributed by atoms with E-state index in [0.29, 0.717) is 16.5 Å². The summed E-state index contributed by atoms with van der Waals surface area (Å²) in [4.78, 5) is 25.1. The maximum absolute atomic E-state index is 13.3. The van der Waals surface area contributed by atoms with E-state index in [2.05, 4.69) is 12.2 Å². The quantitative estimate of drug-likeness (QED) is 0.889. The van der Waals surface area contributed by atoms with Crippen LogP contribution in [0.25, 0.3) is 0 Å². The van der Waals surface area contributed by atoms with Crippen molar-refractivity contribution in [2.24, 2.45) is 11.7 Å². The lowest BCUT2D eigenvalue weighted by Crippen LogP contribution is -2.19. The van der Waals surface area contributed by atoms with Crippen LogP contribution in [-0.4, -0.2) is 11.8 Å². The van der Waals surface area contributed by atoms with E-state index in [1.54, 1.807) is 0 Å². The fraction of sp³-hybridized carbons (Fsp3) is 0.294. The maximum atomic E-state index is 13.3. The third-order valence-electron chi connectivity index (χ3n) is 4.17. The normalized spacial score (nSPS) is 16.5. The molecule has 1 atom stereocenters. The first kappa shape index (κ1) is 16.6. The lowest BCUT2D eigenvalue weighted by atomic mass is 9.88. The van der Waals surface area contributed by atoms with Crippen molar-refractivity contribution in [2.75, 3.05) is 5.32 Å². The fourth-order valence-electron chi connectivity index (χ4n) is 2.91. The molecule has 4 nitrogen and oxygen atoms in total. The van der Waals surface area contributed by atoms with Gasteiger partial charge in [-0.05, 0) is 48.9 Å². The molecular weight excluding hydrogens is 334 g/mol. The number of nitrogens with one attached hydrogen (secondary N) is 1. The minimum Gasteiger partial charge on any atom is -0.365 e. The molecule has 0 saturated heterocycles. The van der Waals surface area contributed by atoms with E-state index in [1.807, 2.05) is 0 Å². The highest BCUT2D eigenvalue weighted by Gasteiger charge is 2.27. The number of nitrogens with two attached hydrogens (primary N) is 1. The van der Waals surface area contributed by atoms with E-state index >= 15 is 0 Å². The number of carbonyl (C=O) groups excluding carboxylic acids is 2. The topological polar surface area (TPSA) is 72.2 Å². The van der Waals surface area contributed by atoms with Crippen molar-refractivity contribution >= 4 is 28.2 Å². The molecule has 1 unspecified atom stereocenters. The maximum Gasteiger partial charge on any atom is 0.256 e. The molecule has 7 heteroatoms. The number of halogens is 2. The number of thiophene rings is 1. The van der Waals surface area contributed by atoms with E-state index < -0.39 is 23.4 Å². The molecule has 0 fully saturated rings. The number of anilines is 1. The lowest BCUT2D eigenvalue weighted by Gasteiger charge is -2.18. The second kappa shape index (κ2) is 6.32. The molecule has 1 aliphatic rings. The van der Waals surface area contributed by atoms with Crippen molar-refractivity contribution in [1.82, 2.24) is 0 Å². The summed E-state index contributed by atoms with van der Waals surface area (Å²) in [5.41, 5.74) is 6.68. The minimum atomic E-state index is -1.10. The Balaban J connectivity index is 1.93. The van der Waals surface area contributed by atoms with Crippen molar-refractivity contribution in [1.29, 1.82) is 0 Å². The predicted octanol–water partition coefficient (Wildman–Crippen LogP) is 3.50. The lowest BCUT2D eigenvalue weighted by molar-refractivity contribution is 0.1000. The van der Waals surface area contributed by atoms with Crippen molar-refractivity contribution < 1.29 is 18.4 Å². The Morgan fingerprint density at radius 2 is 2.04 bits per heavy atom. The van der Waals surface area contributed by atoms with Gasteiger partial charge in [-0.15, -0.1) is 11.3 Å². The zero-order chi connectivity index (χ0) is 17.4. The van der Waals surface area contributed by atoms with Gasteiger partial charge in [-0.3, -0.25) is 9.59 Å². The number of primary amides is 1. The number of benzene rings is 1. The molecule has 0 bridgehead atoms. The van der Waals surface area contributed by atoms with Crippen molar-refractivity contribution in [2.45, 2.75) is 26.2 Å². The molecule has 1 aliphatic carbocycles. The molecule has 1 aromatic heterocycles. The summed E-state index contributed by atoms with van der Waals surface area (Å²) < 4.78 is 26.3. The van der Waals surface area contributed by atoms with E-state index in [0.717, 1.165) is 41.8 Å². The van der Waals surface area contributed by atoms with Crippen LogP contribution in [-0.2, 0) is 12.8 Å². The first-order chi connectivity index (χ1) is 11.4. The van der Waals surface area contributed by atoms with Crippen LogP contribution in [0.2, 0.25) is 0 Å². The first-order valence-electron chi connectivity index (χ1n) is 7.57. The van der Waals surface area contributed by atoms with Gasteiger partial charge in [0, 0.05) is 10.4 Å². The molecule has 1 heterocycles. The minimum absolute atomic E-state index is 0.0240. The van der Waals surface area contributed by atoms with E-state index in [-0.39, 0.29) is 5.56 Å². The summed E-state index contributed by atoms with van der Waals surface area (Å²) in [6.45, 7) is 2.13. The SMILES string of the molecule is CC1CCc2c(sc(NC(=O)c3ccc(F)c(F)c3)c2C(N)=O)C1. The van der Waals surface area contributed by atoms with Gasteiger partial charge in [0.1, 0.15) is 5.00 Å². The Labute approximate surface area is 141 Å². The van der Waals surface area contributed by atoms with Gasteiger partial charge >= 0.3 is 0 Å². The molecule has 126 valence electrons. The highest BCUT2D eigenvalue weighted by atomic mass is 32.1. The third kappa shape index (κ3) is 3.03. The summed E-state index contributed by atoms with van der Waals surface area (Å²) in [5, 5.41) is 2.99. The van der Waals surface area contributed by atoms with E-state index in [1.165, 1.54) is 17.4 Å². The third-order valence-corrected chi connectivity index (χ3v) is 5.34. The fourth-order valence-corrected chi connectivity index (χ4v) is 4.32. The van der Waals surface area contributed by atoms with Gasteiger partial charge in [-0.2, -0.15) is 0 Å². The van der Waals surface area contributed by atoms with Crippen LogP contribution >= 0.6 is 11.3 Å². The molecule has 2 amide bonds. The standard InChI is InChI=1S/C17H16F2N2O2S/c1-8-2-4-10-13(6-8)24-17(14(10)15(20)22)21-16(23)9-3-5-11(18)12(19)7-9/h3,5,7-8H,2,4,6H2,1H3,(H2,20,22)(H,21,23). The van der Waals surface area contributed by atoms with Gasteiger partial charge in [-0.25, -0.2) is 8.78 Å². The molecular formula is C17H16F2N2O2S. The molecule has 24 heavy (non-hydrogen) atoms.